The predicted octanol–water partition coefficient (Wildman–Crippen LogP) is 2.23. The zero-order valence-corrected chi connectivity index (χ0v) is 11.5. The summed E-state index contributed by atoms with van der Waals surface area (Å²) in [7, 11) is 0. The van der Waals surface area contributed by atoms with Crippen LogP contribution in [0.5, 0.6) is 0 Å². The van der Waals surface area contributed by atoms with Crippen molar-refractivity contribution in [3.8, 4) is 0 Å². The summed E-state index contributed by atoms with van der Waals surface area (Å²) in [5.41, 5.74) is 5.71. The molecule has 0 saturated heterocycles. The number of halogens is 1. The molecule has 2 rings (SSSR count). The Hall–Kier alpha value is -0.280. The monoisotopic (exact) mass is 260 g/mol. The van der Waals surface area contributed by atoms with Gasteiger partial charge >= 0.3 is 0 Å². The van der Waals surface area contributed by atoms with Crippen LogP contribution >= 0.6 is 12.4 Å². The van der Waals surface area contributed by atoms with Crippen molar-refractivity contribution in [2.45, 2.75) is 57.9 Å². The SMILES string of the molecule is CCC1(C(=O)NC2CCCC2CN)CCC1.Cl. The molecule has 2 atom stereocenters. The lowest BCUT2D eigenvalue weighted by molar-refractivity contribution is -0.137. The molecular formula is C13H25ClN2O. The van der Waals surface area contributed by atoms with E-state index in [2.05, 4.69) is 12.2 Å². The van der Waals surface area contributed by atoms with Gasteiger partial charge < -0.3 is 11.1 Å². The van der Waals surface area contributed by atoms with E-state index in [4.69, 9.17) is 5.73 Å². The molecule has 2 aliphatic carbocycles. The number of carbonyl (C=O) groups is 1. The number of rotatable bonds is 4. The van der Waals surface area contributed by atoms with E-state index in [9.17, 15) is 4.79 Å². The Kier molecular flexibility index (Phi) is 5.26. The lowest BCUT2D eigenvalue weighted by atomic mass is 9.66. The minimum absolute atomic E-state index is 0. The fourth-order valence-electron chi connectivity index (χ4n) is 3.18. The van der Waals surface area contributed by atoms with Crippen molar-refractivity contribution in [2.75, 3.05) is 6.54 Å². The van der Waals surface area contributed by atoms with Crippen LogP contribution in [0.2, 0.25) is 0 Å². The first-order chi connectivity index (χ1) is 7.72. The van der Waals surface area contributed by atoms with Crippen LogP contribution in [0.15, 0.2) is 0 Å². The smallest absolute Gasteiger partial charge is 0.226 e. The Bertz CT molecular complexity index is 261. The topological polar surface area (TPSA) is 55.1 Å². The predicted molar refractivity (Wildman–Crippen MR) is 72.1 cm³/mol. The van der Waals surface area contributed by atoms with Crippen LogP contribution in [0.25, 0.3) is 0 Å². The van der Waals surface area contributed by atoms with E-state index in [0.717, 1.165) is 25.7 Å². The fourth-order valence-corrected chi connectivity index (χ4v) is 3.18. The third kappa shape index (κ3) is 2.76. The Labute approximate surface area is 110 Å². The molecule has 2 aliphatic rings. The molecule has 0 spiro atoms. The van der Waals surface area contributed by atoms with Crippen LogP contribution < -0.4 is 11.1 Å². The number of nitrogens with two attached hydrogens (primary N) is 1. The summed E-state index contributed by atoms with van der Waals surface area (Å²) < 4.78 is 0. The Morgan fingerprint density at radius 2 is 2.06 bits per heavy atom. The van der Waals surface area contributed by atoms with Gasteiger partial charge in [-0.05, 0) is 44.6 Å². The molecule has 0 radical (unpaired) electrons. The van der Waals surface area contributed by atoms with Gasteiger partial charge in [-0.2, -0.15) is 0 Å². The van der Waals surface area contributed by atoms with Crippen molar-refractivity contribution in [1.29, 1.82) is 0 Å². The van der Waals surface area contributed by atoms with E-state index in [0.29, 0.717) is 24.4 Å². The number of hydrogen-bond acceptors (Lipinski definition) is 2. The zero-order chi connectivity index (χ0) is 11.6. The molecular weight excluding hydrogens is 236 g/mol. The van der Waals surface area contributed by atoms with Crippen LogP contribution in [-0.4, -0.2) is 18.5 Å². The fraction of sp³-hybridized carbons (Fsp3) is 0.923. The van der Waals surface area contributed by atoms with Crippen LogP contribution in [0.1, 0.15) is 51.9 Å². The highest BCUT2D eigenvalue weighted by Gasteiger charge is 2.43. The Balaban J connectivity index is 0.00000144. The van der Waals surface area contributed by atoms with E-state index < -0.39 is 0 Å². The van der Waals surface area contributed by atoms with Crippen molar-refractivity contribution in [1.82, 2.24) is 5.32 Å². The third-order valence-corrected chi connectivity index (χ3v) is 4.75. The first kappa shape index (κ1) is 14.8. The van der Waals surface area contributed by atoms with E-state index in [-0.39, 0.29) is 17.8 Å². The molecule has 0 aromatic carbocycles. The van der Waals surface area contributed by atoms with Crippen LogP contribution in [0.3, 0.4) is 0 Å². The molecule has 1 amide bonds. The second-order valence-electron chi connectivity index (χ2n) is 5.49. The van der Waals surface area contributed by atoms with Gasteiger partial charge in [-0.25, -0.2) is 0 Å². The molecule has 0 aromatic rings. The van der Waals surface area contributed by atoms with Crippen molar-refractivity contribution in [3.63, 3.8) is 0 Å². The molecule has 0 bridgehead atoms. The number of nitrogens with one attached hydrogen (secondary N) is 1. The van der Waals surface area contributed by atoms with Gasteiger partial charge in [0.1, 0.15) is 0 Å². The van der Waals surface area contributed by atoms with Crippen molar-refractivity contribution in [2.24, 2.45) is 17.1 Å². The molecule has 3 N–H and O–H groups in total. The lowest BCUT2D eigenvalue weighted by Crippen LogP contribution is -2.50. The molecule has 17 heavy (non-hydrogen) atoms. The zero-order valence-electron chi connectivity index (χ0n) is 10.7. The highest BCUT2D eigenvalue weighted by molar-refractivity contribution is 5.85. The van der Waals surface area contributed by atoms with Gasteiger partial charge in [0, 0.05) is 11.5 Å². The molecule has 2 saturated carbocycles. The molecule has 0 aromatic heterocycles. The number of amides is 1. The molecule has 3 nitrogen and oxygen atoms in total. The van der Waals surface area contributed by atoms with Crippen LogP contribution in [0, 0.1) is 11.3 Å². The molecule has 4 heteroatoms. The average Bonchev–Trinajstić information content (AvgIpc) is 2.64. The van der Waals surface area contributed by atoms with Gasteiger partial charge in [-0.3, -0.25) is 4.79 Å². The quantitative estimate of drug-likeness (QED) is 0.815. The Morgan fingerprint density at radius 3 is 2.53 bits per heavy atom. The van der Waals surface area contributed by atoms with Crippen molar-refractivity contribution >= 4 is 18.3 Å². The normalized spacial score (nSPS) is 30.2. The van der Waals surface area contributed by atoms with Gasteiger partial charge in [-0.1, -0.05) is 19.8 Å². The van der Waals surface area contributed by atoms with Gasteiger partial charge in [0.05, 0.1) is 0 Å². The summed E-state index contributed by atoms with van der Waals surface area (Å²) in [4.78, 5) is 12.2. The summed E-state index contributed by atoms with van der Waals surface area (Å²) >= 11 is 0. The van der Waals surface area contributed by atoms with Crippen LogP contribution in [0.4, 0.5) is 0 Å². The van der Waals surface area contributed by atoms with E-state index in [1.807, 2.05) is 0 Å². The molecule has 0 aliphatic heterocycles. The highest BCUT2D eigenvalue weighted by Crippen LogP contribution is 2.44. The highest BCUT2D eigenvalue weighted by atomic mass is 35.5. The lowest BCUT2D eigenvalue weighted by Gasteiger charge is -2.40. The van der Waals surface area contributed by atoms with Crippen molar-refractivity contribution < 1.29 is 4.79 Å². The maximum Gasteiger partial charge on any atom is 0.226 e. The first-order valence-corrected chi connectivity index (χ1v) is 6.73. The van der Waals surface area contributed by atoms with E-state index in [1.54, 1.807) is 0 Å². The van der Waals surface area contributed by atoms with E-state index in [1.165, 1.54) is 19.3 Å². The number of hydrogen-bond donors (Lipinski definition) is 2. The standard InChI is InChI=1S/C13H24N2O.ClH/c1-2-13(7-4-8-13)12(16)15-11-6-3-5-10(11)9-14;/h10-11H,2-9,14H2,1H3,(H,15,16);1H. The summed E-state index contributed by atoms with van der Waals surface area (Å²) in [6.45, 7) is 2.85. The third-order valence-electron chi connectivity index (χ3n) is 4.75. The maximum atomic E-state index is 12.2. The second-order valence-corrected chi connectivity index (χ2v) is 5.49. The first-order valence-electron chi connectivity index (χ1n) is 6.73. The molecule has 2 fully saturated rings. The minimum Gasteiger partial charge on any atom is -0.353 e. The average molecular weight is 261 g/mol. The van der Waals surface area contributed by atoms with E-state index >= 15 is 0 Å². The van der Waals surface area contributed by atoms with Gasteiger partial charge in [0.25, 0.3) is 0 Å². The van der Waals surface area contributed by atoms with Gasteiger partial charge in [-0.15, -0.1) is 12.4 Å². The molecule has 2 unspecified atom stereocenters. The second kappa shape index (κ2) is 6.05. The molecule has 0 heterocycles. The van der Waals surface area contributed by atoms with Crippen LogP contribution in [-0.2, 0) is 4.79 Å². The summed E-state index contributed by atoms with van der Waals surface area (Å²) in [6.07, 6.45) is 7.87. The summed E-state index contributed by atoms with van der Waals surface area (Å²) in [5.74, 6) is 0.810. The summed E-state index contributed by atoms with van der Waals surface area (Å²) in [6, 6.07) is 0.349. The van der Waals surface area contributed by atoms with Gasteiger partial charge in [0.2, 0.25) is 5.91 Å². The van der Waals surface area contributed by atoms with Gasteiger partial charge in [0.15, 0.2) is 0 Å². The number of carbonyl (C=O) groups excluding carboxylic acids is 1. The maximum absolute atomic E-state index is 12.2. The minimum atomic E-state index is -0.0261. The Morgan fingerprint density at radius 1 is 1.35 bits per heavy atom. The van der Waals surface area contributed by atoms with Crippen molar-refractivity contribution in [3.05, 3.63) is 0 Å². The largest absolute Gasteiger partial charge is 0.353 e. The summed E-state index contributed by atoms with van der Waals surface area (Å²) in [5, 5.41) is 3.25. The molecule has 100 valence electrons.